The van der Waals surface area contributed by atoms with E-state index in [9.17, 15) is 19.2 Å². The van der Waals surface area contributed by atoms with Crippen LogP contribution in [0.3, 0.4) is 0 Å². The van der Waals surface area contributed by atoms with Gasteiger partial charge in [0, 0.05) is 36.3 Å². The SMILES string of the molecule is CC(=Nc1ccc(CNC(=O)Nc2ccc(Cl)cc2)cc1C=O)N(C)C1CCC(=O)NC1=O. The van der Waals surface area contributed by atoms with Gasteiger partial charge in [-0.05, 0) is 55.3 Å². The molecule has 4 amide bonds. The highest BCUT2D eigenvalue weighted by atomic mass is 35.5. The molecule has 1 aliphatic heterocycles. The summed E-state index contributed by atoms with van der Waals surface area (Å²) in [6, 6.07) is 10.9. The standard InChI is InChI=1S/C23H24ClN5O4/c1-14(29(2)20-9-10-21(31)28-22(20)32)26-19-8-3-15(11-16(19)13-30)12-25-23(33)27-18-6-4-17(24)5-7-18/h3-8,11,13,20H,9-10,12H2,1-2H3,(H2,25,27,33)(H,28,31,32). The van der Waals surface area contributed by atoms with E-state index in [0.29, 0.717) is 40.5 Å². The predicted octanol–water partition coefficient (Wildman–Crippen LogP) is 3.26. The molecular weight excluding hydrogens is 446 g/mol. The van der Waals surface area contributed by atoms with Gasteiger partial charge in [-0.2, -0.15) is 0 Å². The second-order valence-corrected chi connectivity index (χ2v) is 8.00. The van der Waals surface area contributed by atoms with Crippen molar-refractivity contribution in [2.45, 2.75) is 32.4 Å². The summed E-state index contributed by atoms with van der Waals surface area (Å²) in [5.74, 6) is -0.119. The molecule has 0 aliphatic carbocycles. The molecule has 10 heteroatoms. The first kappa shape index (κ1) is 23.9. The summed E-state index contributed by atoms with van der Waals surface area (Å²) >= 11 is 5.83. The highest BCUT2D eigenvalue weighted by Gasteiger charge is 2.30. The van der Waals surface area contributed by atoms with Gasteiger partial charge in [-0.15, -0.1) is 0 Å². The van der Waals surface area contributed by atoms with E-state index in [4.69, 9.17) is 11.6 Å². The van der Waals surface area contributed by atoms with E-state index in [-0.39, 0.29) is 24.8 Å². The smallest absolute Gasteiger partial charge is 0.319 e. The van der Waals surface area contributed by atoms with Crippen LogP contribution in [-0.2, 0) is 16.1 Å². The number of nitrogens with one attached hydrogen (secondary N) is 3. The maximum absolute atomic E-state index is 12.1. The molecule has 3 N–H and O–H groups in total. The lowest BCUT2D eigenvalue weighted by molar-refractivity contribution is -0.136. The monoisotopic (exact) mass is 469 g/mol. The molecule has 1 fully saturated rings. The Morgan fingerprint density at radius 1 is 1.24 bits per heavy atom. The van der Waals surface area contributed by atoms with Crippen molar-refractivity contribution in [2.24, 2.45) is 4.99 Å². The molecule has 0 aromatic heterocycles. The second-order valence-electron chi connectivity index (χ2n) is 7.56. The molecule has 0 saturated carbocycles. The molecule has 1 heterocycles. The van der Waals surface area contributed by atoms with Gasteiger partial charge in [0.15, 0.2) is 6.29 Å². The number of amides is 4. The highest BCUT2D eigenvalue weighted by molar-refractivity contribution is 6.30. The van der Waals surface area contributed by atoms with Crippen LogP contribution >= 0.6 is 11.6 Å². The third-order valence-corrected chi connectivity index (χ3v) is 5.50. The van der Waals surface area contributed by atoms with Crippen LogP contribution < -0.4 is 16.0 Å². The Morgan fingerprint density at radius 2 is 1.97 bits per heavy atom. The van der Waals surface area contributed by atoms with Gasteiger partial charge < -0.3 is 15.5 Å². The lowest BCUT2D eigenvalue weighted by Crippen LogP contribution is -2.52. The van der Waals surface area contributed by atoms with Gasteiger partial charge in [-0.25, -0.2) is 9.79 Å². The molecule has 2 aromatic rings. The molecule has 0 spiro atoms. The number of imide groups is 1. The zero-order valence-electron chi connectivity index (χ0n) is 18.2. The van der Waals surface area contributed by atoms with Gasteiger partial charge in [-0.1, -0.05) is 17.7 Å². The Morgan fingerprint density at radius 3 is 2.64 bits per heavy atom. The molecule has 0 radical (unpaired) electrons. The topological polar surface area (TPSA) is 120 Å². The predicted molar refractivity (Wildman–Crippen MR) is 126 cm³/mol. The Labute approximate surface area is 196 Å². The number of anilines is 1. The Hall–Kier alpha value is -3.72. The van der Waals surface area contributed by atoms with E-state index in [1.165, 1.54) is 0 Å². The number of amidine groups is 1. The largest absolute Gasteiger partial charge is 0.351 e. The second kappa shape index (κ2) is 10.7. The average Bonchev–Trinajstić information content (AvgIpc) is 2.79. The molecule has 33 heavy (non-hydrogen) atoms. The molecule has 1 saturated heterocycles. The van der Waals surface area contributed by atoms with Crippen LogP contribution in [-0.4, -0.2) is 48.0 Å². The Kier molecular flexibility index (Phi) is 7.78. The zero-order valence-corrected chi connectivity index (χ0v) is 19.0. The van der Waals surface area contributed by atoms with Crippen LogP contribution in [0.25, 0.3) is 0 Å². The van der Waals surface area contributed by atoms with E-state index in [1.54, 1.807) is 61.3 Å². The van der Waals surface area contributed by atoms with Crippen LogP contribution in [0, 0.1) is 0 Å². The minimum Gasteiger partial charge on any atom is -0.351 e. The van der Waals surface area contributed by atoms with Crippen molar-refractivity contribution in [3.63, 3.8) is 0 Å². The third-order valence-electron chi connectivity index (χ3n) is 5.24. The molecule has 1 atom stereocenters. The van der Waals surface area contributed by atoms with Crippen LogP contribution in [0.15, 0.2) is 47.5 Å². The van der Waals surface area contributed by atoms with Crippen LogP contribution in [0.5, 0.6) is 0 Å². The van der Waals surface area contributed by atoms with E-state index in [1.807, 2.05) is 0 Å². The molecule has 1 aliphatic rings. The summed E-state index contributed by atoms with van der Waals surface area (Å²) in [5, 5.41) is 8.32. The number of halogens is 1. The lowest BCUT2D eigenvalue weighted by Gasteiger charge is -2.31. The van der Waals surface area contributed by atoms with Gasteiger partial charge in [0.2, 0.25) is 11.8 Å². The number of piperidine rings is 1. The Balaban J connectivity index is 1.64. The van der Waals surface area contributed by atoms with E-state index >= 15 is 0 Å². The number of nitrogens with zero attached hydrogens (tertiary/aromatic N) is 2. The molecule has 0 bridgehead atoms. The number of aliphatic imine (C=N–C) groups is 1. The molecule has 1 unspecified atom stereocenters. The summed E-state index contributed by atoms with van der Waals surface area (Å²) < 4.78 is 0. The fraction of sp³-hybridized carbons (Fsp3) is 0.261. The molecular formula is C23H24ClN5O4. The van der Waals surface area contributed by atoms with Crippen molar-refractivity contribution in [3.05, 3.63) is 58.6 Å². The van der Waals surface area contributed by atoms with Crippen molar-refractivity contribution in [1.29, 1.82) is 0 Å². The third kappa shape index (κ3) is 6.39. The number of hydrogen-bond donors (Lipinski definition) is 3. The number of benzene rings is 2. The molecule has 9 nitrogen and oxygen atoms in total. The zero-order chi connectivity index (χ0) is 24.0. The fourth-order valence-corrected chi connectivity index (χ4v) is 3.46. The molecule has 3 rings (SSSR count). The highest BCUT2D eigenvalue weighted by Crippen LogP contribution is 2.21. The van der Waals surface area contributed by atoms with E-state index < -0.39 is 12.1 Å². The van der Waals surface area contributed by atoms with Gasteiger partial charge >= 0.3 is 6.03 Å². The first-order valence-electron chi connectivity index (χ1n) is 10.3. The number of rotatable bonds is 6. The van der Waals surface area contributed by atoms with Crippen molar-refractivity contribution in [1.82, 2.24) is 15.5 Å². The molecule has 2 aromatic carbocycles. The van der Waals surface area contributed by atoms with Crippen molar-refractivity contribution in [2.75, 3.05) is 12.4 Å². The normalized spacial score (nSPS) is 16.1. The number of carbonyl (C=O) groups is 4. The minimum atomic E-state index is -0.506. The minimum absolute atomic E-state index is 0.208. The number of aldehydes is 1. The number of carbonyl (C=O) groups excluding carboxylic acids is 4. The summed E-state index contributed by atoms with van der Waals surface area (Å²) in [7, 11) is 1.72. The van der Waals surface area contributed by atoms with Crippen molar-refractivity contribution >= 4 is 52.9 Å². The lowest BCUT2D eigenvalue weighted by atomic mass is 10.0. The van der Waals surface area contributed by atoms with E-state index in [0.717, 1.165) is 5.56 Å². The number of hydrogen-bond acceptors (Lipinski definition) is 5. The number of likely N-dealkylation sites (N-methyl/N-ethyl adjacent to an activating group) is 1. The Bertz CT molecular complexity index is 1100. The van der Waals surface area contributed by atoms with Gasteiger partial charge in [0.05, 0.1) is 5.69 Å². The van der Waals surface area contributed by atoms with Crippen LogP contribution in [0.2, 0.25) is 5.02 Å². The summed E-state index contributed by atoms with van der Waals surface area (Å²) in [5.41, 5.74) is 2.11. The average molecular weight is 470 g/mol. The number of urea groups is 1. The summed E-state index contributed by atoms with van der Waals surface area (Å²) in [6.07, 6.45) is 1.35. The van der Waals surface area contributed by atoms with Crippen molar-refractivity contribution in [3.8, 4) is 0 Å². The van der Waals surface area contributed by atoms with Gasteiger partial charge in [-0.3, -0.25) is 19.7 Å². The quantitative estimate of drug-likeness (QED) is 0.259. The van der Waals surface area contributed by atoms with Crippen LogP contribution in [0.1, 0.15) is 35.7 Å². The maximum Gasteiger partial charge on any atom is 0.319 e. The van der Waals surface area contributed by atoms with Crippen molar-refractivity contribution < 1.29 is 19.2 Å². The van der Waals surface area contributed by atoms with Gasteiger partial charge in [0.1, 0.15) is 11.9 Å². The van der Waals surface area contributed by atoms with E-state index in [2.05, 4.69) is 20.9 Å². The summed E-state index contributed by atoms with van der Waals surface area (Å²) in [6.45, 7) is 1.94. The van der Waals surface area contributed by atoms with Gasteiger partial charge in [0.25, 0.3) is 0 Å². The molecule has 172 valence electrons. The van der Waals surface area contributed by atoms with Crippen LogP contribution in [0.4, 0.5) is 16.2 Å². The fourth-order valence-electron chi connectivity index (χ4n) is 3.33. The summed E-state index contributed by atoms with van der Waals surface area (Å²) in [4.78, 5) is 53.4. The first-order valence-corrected chi connectivity index (χ1v) is 10.6. The first-order chi connectivity index (χ1) is 15.8. The maximum atomic E-state index is 12.1.